The predicted octanol–water partition coefficient (Wildman–Crippen LogP) is 5.40. The first-order chi connectivity index (χ1) is 16.0. The fourth-order valence-electron chi connectivity index (χ4n) is 3.65. The zero-order valence-corrected chi connectivity index (χ0v) is 20.1. The Morgan fingerprint density at radius 1 is 1.06 bits per heavy atom. The van der Waals surface area contributed by atoms with Crippen molar-refractivity contribution in [2.75, 3.05) is 5.32 Å². The van der Waals surface area contributed by atoms with Gasteiger partial charge in [-0.1, -0.05) is 47.6 Å². The van der Waals surface area contributed by atoms with Gasteiger partial charge >= 0.3 is 13.2 Å². The first kappa shape index (κ1) is 24.0. The van der Waals surface area contributed by atoms with E-state index in [0.29, 0.717) is 28.3 Å². The average molecular weight is 466 g/mol. The largest absolute Gasteiger partial charge is 0.494 e. The van der Waals surface area contributed by atoms with E-state index < -0.39 is 36.3 Å². The molecule has 0 bridgehead atoms. The van der Waals surface area contributed by atoms with E-state index in [1.165, 1.54) is 6.07 Å². The van der Waals surface area contributed by atoms with Crippen molar-refractivity contribution in [3.8, 4) is 11.3 Å². The van der Waals surface area contributed by atoms with Gasteiger partial charge in [-0.2, -0.15) is 0 Å². The van der Waals surface area contributed by atoms with E-state index in [0.717, 1.165) is 5.46 Å². The second kappa shape index (κ2) is 8.89. The minimum Gasteiger partial charge on any atom is -0.441 e. The average Bonchev–Trinajstić information content (AvgIpc) is 3.23. The van der Waals surface area contributed by atoms with Crippen molar-refractivity contribution < 1.29 is 27.8 Å². The Morgan fingerprint density at radius 2 is 1.68 bits per heavy atom. The molecule has 2 aromatic carbocycles. The van der Waals surface area contributed by atoms with Gasteiger partial charge in [0.1, 0.15) is 23.3 Å². The number of aromatic nitrogens is 1. The molecule has 0 radical (unpaired) electrons. The highest BCUT2D eigenvalue weighted by atomic mass is 19.1. The summed E-state index contributed by atoms with van der Waals surface area (Å²) >= 11 is 0. The molecule has 1 N–H and O–H groups in total. The Hall–Kier alpha value is -3.17. The lowest BCUT2D eigenvalue weighted by Crippen LogP contribution is -2.41. The molecule has 1 aliphatic heterocycles. The van der Waals surface area contributed by atoms with Crippen LogP contribution in [-0.2, 0) is 14.0 Å². The van der Waals surface area contributed by atoms with E-state index in [1.54, 1.807) is 32.0 Å². The molecule has 1 aromatic heterocycles. The van der Waals surface area contributed by atoms with Gasteiger partial charge in [0.25, 0.3) is 0 Å². The highest BCUT2D eigenvalue weighted by Gasteiger charge is 2.51. The van der Waals surface area contributed by atoms with Crippen molar-refractivity contribution >= 4 is 24.4 Å². The van der Waals surface area contributed by atoms with Crippen molar-refractivity contribution in [3.05, 3.63) is 65.6 Å². The standard InChI is InChI=1S/C25H28BFN2O5/c1-15-21(28-23(30)31-16(2)19-9-7-8-10-20(19)27)22(32-29-15)17-11-13-18(14-12-17)26-33-24(3,4)25(5,6)34-26/h7-14,16H,1-6H3,(H,28,30). The number of anilines is 1. The molecule has 7 nitrogen and oxygen atoms in total. The third kappa shape index (κ3) is 4.58. The van der Waals surface area contributed by atoms with Crippen LogP contribution in [0.3, 0.4) is 0 Å². The number of nitrogens with zero attached hydrogens (tertiary/aromatic N) is 1. The minimum absolute atomic E-state index is 0.290. The number of nitrogens with one attached hydrogen (secondary N) is 1. The molecule has 0 aliphatic carbocycles. The summed E-state index contributed by atoms with van der Waals surface area (Å²) in [6.07, 6.45) is -1.51. The summed E-state index contributed by atoms with van der Waals surface area (Å²) in [6, 6.07) is 13.6. The quantitative estimate of drug-likeness (QED) is 0.508. The molecule has 1 saturated heterocycles. The number of benzene rings is 2. The van der Waals surface area contributed by atoms with Crippen LogP contribution in [0.4, 0.5) is 14.9 Å². The van der Waals surface area contributed by atoms with Crippen LogP contribution in [-0.4, -0.2) is 29.6 Å². The second-order valence-corrected chi connectivity index (χ2v) is 9.38. The van der Waals surface area contributed by atoms with Crippen LogP contribution in [0.15, 0.2) is 53.1 Å². The third-order valence-electron chi connectivity index (χ3n) is 6.42. The highest BCUT2D eigenvalue weighted by molar-refractivity contribution is 6.62. The van der Waals surface area contributed by atoms with E-state index >= 15 is 0 Å². The zero-order chi connectivity index (χ0) is 24.7. The van der Waals surface area contributed by atoms with Crippen molar-refractivity contribution in [1.29, 1.82) is 0 Å². The summed E-state index contributed by atoms with van der Waals surface area (Å²) in [7, 11) is -0.483. The summed E-state index contributed by atoms with van der Waals surface area (Å²) in [5.74, 6) is -0.0554. The molecule has 1 amide bonds. The maximum absolute atomic E-state index is 14.0. The fraction of sp³-hybridized carbons (Fsp3) is 0.360. The Balaban J connectivity index is 1.49. The van der Waals surface area contributed by atoms with Gasteiger partial charge in [0.2, 0.25) is 0 Å². The molecule has 3 aromatic rings. The van der Waals surface area contributed by atoms with Crippen molar-refractivity contribution in [2.45, 2.75) is 58.8 Å². The normalized spacial score (nSPS) is 17.4. The number of carbonyl (C=O) groups excluding carboxylic acids is 1. The number of rotatable bonds is 5. The summed E-state index contributed by atoms with van der Waals surface area (Å²) in [5, 5.41) is 6.66. The topological polar surface area (TPSA) is 82.8 Å². The van der Waals surface area contributed by atoms with Crippen molar-refractivity contribution in [3.63, 3.8) is 0 Å². The maximum Gasteiger partial charge on any atom is 0.494 e. The molecule has 1 fully saturated rings. The van der Waals surface area contributed by atoms with Crippen molar-refractivity contribution in [1.82, 2.24) is 5.16 Å². The van der Waals surface area contributed by atoms with Crippen LogP contribution in [0, 0.1) is 12.7 Å². The fourth-order valence-corrected chi connectivity index (χ4v) is 3.65. The SMILES string of the molecule is Cc1noc(-c2ccc(B3OC(C)(C)C(C)(C)O3)cc2)c1NC(=O)OC(C)c1ccccc1F. The third-order valence-corrected chi connectivity index (χ3v) is 6.42. The highest BCUT2D eigenvalue weighted by Crippen LogP contribution is 2.37. The molecule has 2 heterocycles. The number of amides is 1. The number of ether oxygens (including phenoxy) is 1. The van der Waals surface area contributed by atoms with Gasteiger partial charge in [-0.15, -0.1) is 0 Å². The number of halogens is 1. The second-order valence-electron chi connectivity index (χ2n) is 9.38. The molecular weight excluding hydrogens is 438 g/mol. The summed E-state index contributed by atoms with van der Waals surface area (Å²) in [5.41, 5.74) is 1.86. The molecule has 34 heavy (non-hydrogen) atoms. The van der Waals surface area contributed by atoms with E-state index in [2.05, 4.69) is 10.5 Å². The Morgan fingerprint density at radius 3 is 2.29 bits per heavy atom. The minimum atomic E-state index is -0.774. The Labute approximate surface area is 198 Å². The summed E-state index contributed by atoms with van der Waals surface area (Å²) in [6.45, 7) is 11.3. The number of aryl methyl sites for hydroxylation is 1. The summed E-state index contributed by atoms with van der Waals surface area (Å²) < 4.78 is 37.0. The summed E-state index contributed by atoms with van der Waals surface area (Å²) in [4.78, 5) is 12.5. The Bertz CT molecular complexity index is 1180. The van der Waals surface area contributed by atoms with Gasteiger partial charge in [-0.25, -0.2) is 9.18 Å². The Kier molecular flexibility index (Phi) is 6.27. The van der Waals surface area contributed by atoms with E-state index in [-0.39, 0.29) is 0 Å². The van der Waals surface area contributed by atoms with Crippen molar-refractivity contribution in [2.24, 2.45) is 0 Å². The smallest absolute Gasteiger partial charge is 0.441 e. The van der Waals surface area contributed by atoms with Gasteiger partial charge in [0, 0.05) is 11.1 Å². The van der Waals surface area contributed by atoms with Crippen LogP contribution >= 0.6 is 0 Å². The lowest BCUT2D eigenvalue weighted by Gasteiger charge is -2.32. The van der Waals surface area contributed by atoms with E-state index in [9.17, 15) is 9.18 Å². The zero-order valence-electron chi connectivity index (χ0n) is 20.1. The van der Waals surface area contributed by atoms with Gasteiger partial charge in [-0.3, -0.25) is 5.32 Å². The number of carbonyl (C=O) groups is 1. The molecular formula is C25H28BFN2O5. The molecule has 1 aliphatic rings. The first-order valence-electron chi connectivity index (χ1n) is 11.1. The van der Waals surface area contributed by atoms with Crippen LogP contribution in [0.5, 0.6) is 0 Å². The molecule has 9 heteroatoms. The lowest BCUT2D eigenvalue weighted by atomic mass is 9.79. The van der Waals surface area contributed by atoms with Gasteiger partial charge in [0.05, 0.1) is 11.2 Å². The van der Waals surface area contributed by atoms with Crippen LogP contribution in [0.2, 0.25) is 0 Å². The number of hydrogen-bond donors (Lipinski definition) is 1. The van der Waals surface area contributed by atoms with E-state index in [1.807, 2.05) is 52.0 Å². The van der Waals surface area contributed by atoms with Gasteiger partial charge in [0.15, 0.2) is 5.76 Å². The van der Waals surface area contributed by atoms with Crippen LogP contribution in [0.1, 0.15) is 52.0 Å². The predicted molar refractivity (Wildman–Crippen MR) is 127 cm³/mol. The molecule has 0 saturated carbocycles. The molecule has 4 rings (SSSR count). The lowest BCUT2D eigenvalue weighted by molar-refractivity contribution is 0.00578. The monoisotopic (exact) mass is 466 g/mol. The first-order valence-corrected chi connectivity index (χ1v) is 11.1. The maximum atomic E-state index is 14.0. The van der Waals surface area contributed by atoms with Crippen LogP contribution in [0.25, 0.3) is 11.3 Å². The number of hydrogen-bond acceptors (Lipinski definition) is 6. The molecule has 178 valence electrons. The molecule has 1 unspecified atom stereocenters. The van der Waals surface area contributed by atoms with Gasteiger partial charge < -0.3 is 18.6 Å². The van der Waals surface area contributed by atoms with E-state index in [4.69, 9.17) is 18.6 Å². The van der Waals surface area contributed by atoms with Crippen LogP contribution < -0.4 is 10.8 Å². The van der Waals surface area contributed by atoms with Gasteiger partial charge in [-0.05, 0) is 53.1 Å². The molecule has 1 atom stereocenters. The molecule has 0 spiro atoms.